The van der Waals surface area contributed by atoms with Crippen LogP contribution in [0.3, 0.4) is 0 Å². The maximum absolute atomic E-state index is 10.5. The fourth-order valence-electron chi connectivity index (χ4n) is 5.55. The summed E-state index contributed by atoms with van der Waals surface area (Å²) in [5.41, 5.74) is 3.89. The van der Waals surface area contributed by atoms with Gasteiger partial charge in [-0.05, 0) is 87.9 Å². The average Bonchev–Trinajstić information content (AvgIpc) is 3.86. The second-order valence-corrected chi connectivity index (χ2v) is 11.5. The second kappa shape index (κ2) is 9.06. The molecular formula is C30H35N7O. The van der Waals surface area contributed by atoms with Crippen LogP contribution < -0.4 is 10.2 Å². The smallest absolute Gasteiger partial charge is 0.229 e. The number of aliphatic hydroxyl groups is 1. The summed E-state index contributed by atoms with van der Waals surface area (Å²) in [6, 6.07) is 17.4. The fourth-order valence-corrected chi connectivity index (χ4v) is 5.55. The largest absolute Gasteiger partial charge is 0.384 e. The summed E-state index contributed by atoms with van der Waals surface area (Å²) in [6.45, 7) is 8.03. The lowest BCUT2D eigenvalue weighted by Crippen LogP contribution is -2.47. The number of nitrogens with one attached hydrogen (secondary N) is 1. The molecule has 1 aromatic carbocycles. The van der Waals surface area contributed by atoms with Crippen molar-refractivity contribution in [2.24, 2.45) is 0 Å². The molecule has 8 nitrogen and oxygen atoms in total. The third-order valence-electron chi connectivity index (χ3n) is 8.02. The number of rotatable bonds is 7. The van der Waals surface area contributed by atoms with Crippen molar-refractivity contribution in [2.45, 2.75) is 57.1 Å². The van der Waals surface area contributed by atoms with E-state index in [2.05, 4.69) is 55.0 Å². The number of aromatic nitrogens is 4. The van der Waals surface area contributed by atoms with Crippen LogP contribution in [0.25, 0.3) is 16.9 Å². The van der Waals surface area contributed by atoms with Crippen molar-refractivity contribution in [1.29, 1.82) is 0 Å². The highest BCUT2D eigenvalue weighted by atomic mass is 16.3. The molecule has 0 unspecified atom stereocenters. The van der Waals surface area contributed by atoms with Gasteiger partial charge in [0.05, 0.1) is 5.69 Å². The normalized spacial score (nSPS) is 18.8. The minimum Gasteiger partial charge on any atom is -0.384 e. The molecule has 2 N–H and O–H groups in total. The molecule has 0 bridgehead atoms. The highest BCUT2D eigenvalue weighted by molar-refractivity contribution is 5.80. The molecule has 8 heteroatoms. The Hall–Kier alpha value is -3.49. The van der Waals surface area contributed by atoms with E-state index in [0.717, 1.165) is 54.8 Å². The predicted molar refractivity (Wildman–Crippen MR) is 150 cm³/mol. The highest BCUT2D eigenvalue weighted by Crippen LogP contribution is 2.43. The first-order chi connectivity index (χ1) is 18.4. The first-order valence-corrected chi connectivity index (χ1v) is 13.9. The zero-order chi connectivity index (χ0) is 25.9. The lowest BCUT2D eigenvalue weighted by atomic mass is 10.1. The van der Waals surface area contributed by atoms with Crippen LogP contribution in [0.1, 0.15) is 56.8 Å². The summed E-state index contributed by atoms with van der Waals surface area (Å²) in [5, 5.41) is 14.9. The maximum Gasteiger partial charge on any atom is 0.229 e. The Morgan fingerprint density at radius 2 is 1.68 bits per heavy atom. The topological polar surface area (TPSA) is 82.3 Å². The highest BCUT2D eigenvalue weighted by Gasteiger charge is 2.32. The van der Waals surface area contributed by atoms with Gasteiger partial charge in [0, 0.05) is 60.9 Å². The second-order valence-electron chi connectivity index (χ2n) is 11.5. The molecule has 0 radical (unpaired) electrons. The Labute approximate surface area is 223 Å². The molecule has 4 heterocycles. The SMILES string of the molecule is CC(C)(O)c1cccc(-n2c(C3CC3)cc3cnc(Nc4ccc(N5CCN(C6CC6)CC5)cc4)nc32)n1. The van der Waals surface area contributed by atoms with E-state index < -0.39 is 5.60 Å². The van der Waals surface area contributed by atoms with E-state index in [1.165, 1.54) is 37.1 Å². The number of fused-ring (bicyclic) bond motifs is 1. The molecule has 7 rings (SSSR count). The van der Waals surface area contributed by atoms with Crippen molar-refractivity contribution >= 4 is 28.4 Å². The molecule has 3 aliphatic rings. The molecule has 196 valence electrons. The Bertz CT molecular complexity index is 1460. The van der Waals surface area contributed by atoms with E-state index >= 15 is 0 Å². The quantitative estimate of drug-likeness (QED) is 0.365. The summed E-state index contributed by atoms with van der Waals surface area (Å²) in [4.78, 5) is 19.5. The maximum atomic E-state index is 10.5. The van der Waals surface area contributed by atoms with E-state index in [1.54, 1.807) is 13.8 Å². The van der Waals surface area contributed by atoms with Crippen LogP contribution >= 0.6 is 0 Å². The van der Waals surface area contributed by atoms with Crippen LogP contribution in [-0.2, 0) is 5.60 Å². The van der Waals surface area contributed by atoms with Crippen molar-refractivity contribution in [1.82, 2.24) is 24.4 Å². The van der Waals surface area contributed by atoms with Crippen molar-refractivity contribution < 1.29 is 5.11 Å². The van der Waals surface area contributed by atoms with Gasteiger partial charge in [-0.2, -0.15) is 4.98 Å². The van der Waals surface area contributed by atoms with Crippen molar-refractivity contribution in [2.75, 3.05) is 36.4 Å². The van der Waals surface area contributed by atoms with Crippen LogP contribution in [0.15, 0.2) is 54.7 Å². The number of hydrogen-bond acceptors (Lipinski definition) is 7. The molecule has 3 aromatic heterocycles. The van der Waals surface area contributed by atoms with Gasteiger partial charge >= 0.3 is 0 Å². The zero-order valence-electron chi connectivity index (χ0n) is 22.1. The fraction of sp³-hybridized carbons (Fsp3) is 0.433. The van der Waals surface area contributed by atoms with Gasteiger partial charge in [0.1, 0.15) is 11.4 Å². The molecular weight excluding hydrogens is 474 g/mol. The molecule has 38 heavy (non-hydrogen) atoms. The molecule has 0 atom stereocenters. The number of piperazine rings is 1. The molecule has 4 aromatic rings. The van der Waals surface area contributed by atoms with Crippen LogP contribution in [-0.4, -0.2) is 61.7 Å². The van der Waals surface area contributed by atoms with Gasteiger partial charge in [-0.25, -0.2) is 9.97 Å². The van der Waals surface area contributed by atoms with E-state index in [1.807, 2.05) is 24.4 Å². The predicted octanol–water partition coefficient (Wildman–Crippen LogP) is 4.95. The lowest BCUT2D eigenvalue weighted by Gasteiger charge is -2.36. The van der Waals surface area contributed by atoms with Crippen molar-refractivity contribution in [3.8, 4) is 5.82 Å². The first kappa shape index (κ1) is 23.6. The average molecular weight is 510 g/mol. The standard InChI is InChI=1S/C30H35N7O/c1-30(2,38)26-4-3-5-27(33-26)37-25(20-6-7-20)18-21-19-31-29(34-28(21)37)32-22-8-10-23(11-9-22)35-14-16-36(17-15-35)24-12-13-24/h3-5,8-11,18-20,24,38H,6-7,12-17H2,1-2H3,(H,31,32,34). The van der Waals surface area contributed by atoms with E-state index in [0.29, 0.717) is 17.6 Å². The third-order valence-corrected chi connectivity index (χ3v) is 8.02. The number of anilines is 3. The number of pyridine rings is 1. The monoisotopic (exact) mass is 509 g/mol. The van der Waals surface area contributed by atoms with Gasteiger partial charge in [0.25, 0.3) is 0 Å². The van der Waals surface area contributed by atoms with Crippen molar-refractivity contribution in [3.63, 3.8) is 0 Å². The van der Waals surface area contributed by atoms with Crippen LogP contribution in [0.5, 0.6) is 0 Å². The van der Waals surface area contributed by atoms with Crippen molar-refractivity contribution in [3.05, 3.63) is 66.1 Å². The van der Waals surface area contributed by atoms with Gasteiger partial charge in [-0.3, -0.25) is 9.47 Å². The molecule has 1 saturated heterocycles. The van der Waals surface area contributed by atoms with E-state index in [9.17, 15) is 5.11 Å². The Kier molecular flexibility index (Phi) is 5.63. The summed E-state index contributed by atoms with van der Waals surface area (Å²) < 4.78 is 2.14. The van der Waals surface area contributed by atoms with Crippen LogP contribution in [0.2, 0.25) is 0 Å². The summed E-state index contributed by atoms with van der Waals surface area (Å²) in [7, 11) is 0. The summed E-state index contributed by atoms with van der Waals surface area (Å²) >= 11 is 0. The lowest BCUT2D eigenvalue weighted by molar-refractivity contribution is 0.0738. The van der Waals surface area contributed by atoms with Gasteiger partial charge in [0.15, 0.2) is 5.65 Å². The summed E-state index contributed by atoms with van der Waals surface area (Å²) in [6.07, 6.45) is 6.99. The summed E-state index contributed by atoms with van der Waals surface area (Å²) in [5.74, 6) is 1.84. The zero-order valence-corrected chi connectivity index (χ0v) is 22.1. The Balaban J connectivity index is 1.15. The Morgan fingerprint density at radius 1 is 0.921 bits per heavy atom. The number of benzene rings is 1. The molecule has 1 aliphatic heterocycles. The number of nitrogens with zero attached hydrogens (tertiary/aromatic N) is 6. The first-order valence-electron chi connectivity index (χ1n) is 13.9. The van der Waals surface area contributed by atoms with Crippen LogP contribution in [0, 0.1) is 0 Å². The van der Waals surface area contributed by atoms with Gasteiger partial charge < -0.3 is 15.3 Å². The van der Waals surface area contributed by atoms with Gasteiger partial charge in [-0.1, -0.05) is 6.07 Å². The van der Waals surface area contributed by atoms with Gasteiger partial charge in [0.2, 0.25) is 5.95 Å². The molecule has 2 aliphatic carbocycles. The third kappa shape index (κ3) is 4.63. The molecule has 0 spiro atoms. The number of hydrogen-bond donors (Lipinski definition) is 2. The molecule has 3 fully saturated rings. The minimum absolute atomic E-state index is 0.506. The minimum atomic E-state index is -1.02. The molecule has 0 amide bonds. The van der Waals surface area contributed by atoms with Gasteiger partial charge in [-0.15, -0.1) is 0 Å². The van der Waals surface area contributed by atoms with E-state index in [-0.39, 0.29) is 0 Å². The van der Waals surface area contributed by atoms with Crippen LogP contribution in [0.4, 0.5) is 17.3 Å². The molecule has 2 saturated carbocycles. The Morgan fingerprint density at radius 3 is 2.37 bits per heavy atom. The van der Waals surface area contributed by atoms with E-state index in [4.69, 9.17) is 9.97 Å².